The molecule has 1 nitrogen and oxygen atoms in total. The van der Waals surface area contributed by atoms with Crippen molar-refractivity contribution in [2.45, 2.75) is 6.90 Å². The second kappa shape index (κ2) is 3.70. The topological polar surface area (TPSA) is 12.9 Å². The van der Waals surface area contributed by atoms with Gasteiger partial charge in [-0.3, -0.25) is 0 Å². The van der Waals surface area contributed by atoms with E-state index in [1.165, 1.54) is 0 Å². The standard InChI is InChI=1S/C6H6N.V/c1-6-2-4-7-5-3-6;/h2,4-5H,1H3;/q-1;/i1D;. The fraction of sp³-hybridized carbons (Fsp3) is 0.167. The molecule has 0 bridgehead atoms. The van der Waals surface area contributed by atoms with Gasteiger partial charge in [0, 0.05) is 19.9 Å². The molecule has 1 radical (unpaired) electrons. The molecule has 0 saturated heterocycles. The van der Waals surface area contributed by atoms with E-state index in [2.05, 4.69) is 11.1 Å². The molecular weight excluding hydrogens is 137 g/mol. The summed E-state index contributed by atoms with van der Waals surface area (Å²) in [6, 6.07) is 4.60. The quantitative estimate of drug-likeness (QED) is 0.498. The molecule has 1 heterocycles. The Morgan fingerprint density at radius 1 is 1.88 bits per heavy atom. The third-order valence-corrected chi connectivity index (χ3v) is 0.686. The largest absolute Gasteiger partial charge is 0.304 e. The number of hydrogen-bond donors (Lipinski definition) is 0. The van der Waals surface area contributed by atoms with E-state index in [-0.39, 0.29) is 18.6 Å². The first-order chi connectivity index (χ1) is 3.93. The minimum absolute atomic E-state index is 0. The van der Waals surface area contributed by atoms with Crippen LogP contribution in [0.25, 0.3) is 0 Å². The minimum atomic E-state index is 0. The van der Waals surface area contributed by atoms with E-state index in [9.17, 15) is 0 Å². The van der Waals surface area contributed by atoms with Gasteiger partial charge in [0.05, 0.1) is 0 Å². The Kier molecular flexibility index (Phi) is 2.71. The van der Waals surface area contributed by atoms with Crippen LogP contribution >= 0.6 is 0 Å². The minimum Gasteiger partial charge on any atom is -0.304 e. The zero-order valence-corrected chi connectivity index (χ0v) is 5.73. The monoisotopic (exact) mass is 144 g/mol. The normalized spacial score (nSPS) is 9.25. The van der Waals surface area contributed by atoms with Crippen molar-refractivity contribution in [2.75, 3.05) is 0 Å². The Balaban J connectivity index is 0.000000640. The fourth-order valence-electron chi connectivity index (χ4n) is 0.344. The van der Waals surface area contributed by atoms with Crippen molar-refractivity contribution in [3.63, 3.8) is 0 Å². The van der Waals surface area contributed by atoms with Gasteiger partial charge >= 0.3 is 0 Å². The molecule has 0 aliphatic carbocycles. The van der Waals surface area contributed by atoms with Crippen LogP contribution in [-0.2, 0) is 18.6 Å². The first kappa shape index (κ1) is 5.86. The summed E-state index contributed by atoms with van der Waals surface area (Å²) < 4.78 is 6.88. The summed E-state index contributed by atoms with van der Waals surface area (Å²) in [5.74, 6) is 0. The van der Waals surface area contributed by atoms with Gasteiger partial charge in [0.25, 0.3) is 0 Å². The van der Waals surface area contributed by atoms with Crippen molar-refractivity contribution in [1.29, 1.82) is 0 Å². The Morgan fingerprint density at radius 3 is 3.12 bits per heavy atom. The maximum absolute atomic E-state index is 6.88. The number of rotatable bonds is 0. The molecule has 0 fully saturated rings. The molecule has 0 aliphatic rings. The molecule has 0 spiro atoms. The van der Waals surface area contributed by atoms with Gasteiger partial charge < -0.3 is 4.98 Å². The molecule has 2 heteroatoms. The van der Waals surface area contributed by atoms with Gasteiger partial charge in [0.1, 0.15) is 0 Å². The van der Waals surface area contributed by atoms with Crippen LogP contribution in [0.15, 0.2) is 18.5 Å². The van der Waals surface area contributed by atoms with Crippen LogP contribution in [0, 0.1) is 13.0 Å². The second-order valence-corrected chi connectivity index (χ2v) is 1.26. The van der Waals surface area contributed by atoms with E-state index >= 15 is 0 Å². The van der Waals surface area contributed by atoms with Gasteiger partial charge in [0.15, 0.2) is 0 Å². The molecular formula is C6H6NV-. The molecule has 41 valence electrons. The number of aromatic nitrogens is 1. The first-order valence-corrected chi connectivity index (χ1v) is 2.03. The Hall–Kier alpha value is -0.266. The molecule has 0 amide bonds. The maximum Gasteiger partial charge on any atom is 0.0249 e. The Bertz CT molecular complexity index is 154. The first-order valence-electron chi connectivity index (χ1n) is 2.74. The molecule has 0 aromatic carbocycles. The van der Waals surface area contributed by atoms with Crippen LogP contribution in [0.4, 0.5) is 0 Å². The Morgan fingerprint density at radius 2 is 2.75 bits per heavy atom. The number of aryl methyl sites for hydroxylation is 1. The van der Waals surface area contributed by atoms with Gasteiger partial charge in [-0.25, -0.2) is 11.6 Å². The van der Waals surface area contributed by atoms with Gasteiger partial charge in [-0.05, 0) is 0 Å². The van der Waals surface area contributed by atoms with Crippen LogP contribution in [-0.4, -0.2) is 4.98 Å². The van der Waals surface area contributed by atoms with Gasteiger partial charge in [-0.15, -0.1) is 0 Å². The summed E-state index contributed by atoms with van der Waals surface area (Å²) in [5, 5.41) is 0. The van der Waals surface area contributed by atoms with Crippen LogP contribution in [0.3, 0.4) is 0 Å². The summed E-state index contributed by atoms with van der Waals surface area (Å²) in [6.07, 6.45) is 3.24. The summed E-state index contributed by atoms with van der Waals surface area (Å²) in [4.78, 5) is 3.75. The SMILES string of the molecule is [2H]Cc1[c-]cncc1.[V]. The van der Waals surface area contributed by atoms with Crippen LogP contribution in [0.2, 0.25) is 0 Å². The number of nitrogens with zero attached hydrogens (tertiary/aromatic N) is 1. The third kappa shape index (κ3) is 2.15. The molecule has 0 saturated carbocycles. The average Bonchev–Trinajstić information content (AvgIpc) is 1.90. The van der Waals surface area contributed by atoms with Gasteiger partial charge in [0.2, 0.25) is 0 Å². The van der Waals surface area contributed by atoms with E-state index in [1.54, 1.807) is 18.5 Å². The predicted molar refractivity (Wildman–Crippen MR) is 27.8 cm³/mol. The van der Waals surface area contributed by atoms with Crippen molar-refractivity contribution in [2.24, 2.45) is 0 Å². The van der Waals surface area contributed by atoms with Crippen molar-refractivity contribution < 1.29 is 19.9 Å². The van der Waals surface area contributed by atoms with Crippen LogP contribution in [0.1, 0.15) is 6.93 Å². The van der Waals surface area contributed by atoms with Crippen LogP contribution < -0.4 is 0 Å². The van der Waals surface area contributed by atoms with Gasteiger partial charge in [-0.1, -0.05) is 19.3 Å². The third-order valence-electron chi connectivity index (χ3n) is 0.686. The maximum atomic E-state index is 6.88. The Labute approximate surface area is 62.4 Å². The van der Waals surface area contributed by atoms with Crippen molar-refractivity contribution >= 4 is 0 Å². The van der Waals surface area contributed by atoms with E-state index in [0.717, 1.165) is 5.56 Å². The van der Waals surface area contributed by atoms with Crippen molar-refractivity contribution in [1.82, 2.24) is 4.98 Å². The van der Waals surface area contributed by atoms with E-state index in [0.29, 0.717) is 6.90 Å². The summed E-state index contributed by atoms with van der Waals surface area (Å²) in [6.45, 7) is 0.294. The molecule has 1 aromatic heterocycles. The van der Waals surface area contributed by atoms with E-state index in [4.69, 9.17) is 1.37 Å². The number of pyridine rings is 1. The fourth-order valence-corrected chi connectivity index (χ4v) is 0.344. The molecule has 1 aromatic rings. The molecule has 0 atom stereocenters. The van der Waals surface area contributed by atoms with E-state index in [1.807, 2.05) is 0 Å². The van der Waals surface area contributed by atoms with Gasteiger partial charge in [-0.2, -0.15) is 6.07 Å². The molecule has 0 unspecified atom stereocenters. The zero-order valence-electron chi connectivity index (χ0n) is 5.33. The van der Waals surface area contributed by atoms with Crippen LogP contribution in [0.5, 0.6) is 0 Å². The van der Waals surface area contributed by atoms with Crippen molar-refractivity contribution in [3.05, 3.63) is 30.1 Å². The second-order valence-electron chi connectivity index (χ2n) is 1.26. The molecule has 8 heavy (non-hydrogen) atoms. The number of hydrogen-bond acceptors (Lipinski definition) is 1. The summed E-state index contributed by atoms with van der Waals surface area (Å²) in [7, 11) is 0. The van der Waals surface area contributed by atoms with E-state index < -0.39 is 0 Å². The summed E-state index contributed by atoms with van der Waals surface area (Å²) in [5.41, 5.74) is 0.889. The predicted octanol–water partition coefficient (Wildman–Crippen LogP) is 1.19. The molecule has 0 N–H and O–H groups in total. The van der Waals surface area contributed by atoms with Crippen molar-refractivity contribution in [3.8, 4) is 0 Å². The zero-order chi connectivity index (χ0) is 5.82. The summed E-state index contributed by atoms with van der Waals surface area (Å²) >= 11 is 0. The average molecular weight is 144 g/mol. The molecule has 0 aliphatic heterocycles. The molecule has 1 rings (SSSR count). The smallest absolute Gasteiger partial charge is 0.0249 e.